The van der Waals surface area contributed by atoms with E-state index in [0.717, 1.165) is 10.1 Å². The molecule has 1 aromatic carbocycles. The molecule has 0 aliphatic carbocycles. The van der Waals surface area contributed by atoms with E-state index in [1.807, 2.05) is 6.92 Å². The van der Waals surface area contributed by atoms with Gasteiger partial charge in [0.1, 0.15) is 6.67 Å². The van der Waals surface area contributed by atoms with Gasteiger partial charge in [-0.15, -0.1) is 11.8 Å². The van der Waals surface area contributed by atoms with Crippen LogP contribution in [0.5, 0.6) is 0 Å². The lowest BCUT2D eigenvalue weighted by Crippen LogP contribution is -2.37. The molecule has 2 rings (SSSR count). The maximum Gasteiger partial charge on any atom is 0.267 e. The number of hydrogen-bond acceptors (Lipinski definition) is 4. The monoisotopic (exact) mass is 317 g/mol. The quantitative estimate of drug-likeness (QED) is 0.837. The fourth-order valence-electron chi connectivity index (χ4n) is 2.13. The van der Waals surface area contributed by atoms with Crippen LogP contribution in [0.4, 0.5) is 4.39 Å². The third kappa shape index (κ3) is 2.83. The van der Waals surface area contributed by atoms with Gasteiger partial charge in [-0.1, -0.05) is 19.1 Å². The molecule has 1 saturated heterocycles. The molecule has 20 heavy (non-hydrogen) atoms. The molecular formula is C13H16FNO3S2. The molecule has 1 aromatic rings. The molecule has 0 N–H and O–H groups in total. The summed E-state index contributed by atoms with van der Waals surface area (Å²) >= 11 is 1.45. The van der Waals surface area contributed by atoms with Crippen LogP contribution in [0.3, 0.4) is 0 Å². The van der Waals surface area contributed by atoms with Gasteiger partial charge in [-0.05, 0) is 29.9 Å². The molecule has 0 spiro atoms. The first-order valence-corrected chi connectivity index (χ1v) is 8.83. The molecule has 1 aliphatic rings. The number of rotatable bonds is 5. The maximum atomic E-state index is 12.5. The largest absolute Gasteiger partial charge is 0.274 e. The highest BCUT2D eigenvalue weighted by Crippen LogP contribution is 2.33. The van der Waals surface area contributed by atoms with Crippen molar-refractivity contribution >= 4 is 27.7 Å². The average Bonchev–Trinajstić information content (AvgIpc) is 2.81. The maximum absolute atomic E-state index is 12.5. The predicted molar refractivity (Wildman–Crippen MR) is 76.4 cm³/mol. The SMILES string of the molecule is CCSC1CCC(=O)N1S(=O)(=O)c1ccc(CF)cc1. The van der Waals surface area contributed by atoms with E-state index in [4.69, 9.17) is 0 Å². The first kappa shape index (κ1) is 15.3. The smallest absolute Gasteiger partial charge is 0.267 e. The molecule has 1 aliphatic heterocycles. The minimum Gasteiger partial charge on any atom is -0.274 e. The van der Waals surface area contributed by atoms with Crippen LogP contribution in [0.15, 0.2) is 29.2 Å². The van der Waals surface area contributed by atoms with Crippen LogP contribution in [-0.2, 0) is 21.5 Å². The lowest BCUT2D eigenvalue weighted by atomic mass is 10.2. The molecule has 110 valence electrons. The molecule has 0 saturated carbocycles. The van der Waals surface area contributed by atoms with Crippen molar-refractivity contribution in [3.8, 4) is 0 Å². The summed E-state index contributed by atoms with van der Waals surface area (Å²) in [7, 11) is -3.84. The Hall–Kier alpha value is -1.08. The first-order valence-electron chi connectivity index (χ1n) is 6.34. The molecule has 1 unspecified atom stereocenters. The number of hydrogen-bond donors (Lipinski definition) is 0. The Kier molecular flexibility index (Phi) is 4.70. The van der Waals surface area contributed by atoms with Crippen LogP contribution in [0, 0.1) is 0 Å². The fourth-order valence-corrected chi connectivity index (χ4v) is 5.06. The summed E-state index contributed by atoms with van der Waals surface area (Å²) in [6, 6.07) is 5.55. The van der Waals surface area contributed by atoms with Gasteiger partial charge >= 0.3 is 0 Å². The zero-order valence-electron chi connectivity index (χ0n) is 11.1. The molecule has 0 aromatic heterocycles. The van der Waals surface area contributed by atoms with Gasteiger partial charge in [0, 0.05) is 6.42 Å². The summed E-state index contributed by atoms with van der Waals surface area (Å²) in [6.07, 6.45) is 0.790. The normalized spacial score (nSPS) is 19.6. The number of alkyl halides is 1. The first-order chi connectivity index (χ1) is 9.50. The van der Waals surface area contributed by atoms with Crippen molar-refractivity contribution in [2.75, 3.05) is 5.75 Å². The van der Waals surface area contributed by atoms with Crippen molar-refractivity contribution in [3.63, 3.8) is 0 Å². The van der Waals surface area contributed by atoms with E-state index in [0.29, 0.717) is 12.0 Å². The van der Waals surface area contributed by atoms with Gasteiger partial charge in [0.15, 0.2) is 0 Å². The Morgan fingerprint density at radius 2 is 2.00 bits per heavy atom. The summed E-state index contributed by atoms with van der Waals surface area (Å²) in [4.78, 5) is 11.9. The number of benzene rings is 1. The summed E-state index contributed by atoms with van der Waals surface area (Å²) in [5, 5.41) is -0.335. The van der Waals surface area contributed by atoms with Crippen molar-refractivity contribution in [3.05, 3.63) is 29.8 Å². The topological polar surface area (TPSA) is 54.5 Å². The molecular weight excluding hydrogens is 301 g/mol. The Morgan fingerprint density at radius 1 is 1.35 bits per heavy atom. The van der Waals surface area contributed by atoms with Gasteiger partial charge in [-0.2, -0.15) is 0 Å². The highest BCUT2D eigenvalue weighted by Gasteiger charge is 2.40. The van der Waals surface area contributed by atoms with Crippen molar-refractivity contribution in [2.45, 2.75) is 36.7 Å². The van der Waals surface area contributed by atoms with Gasteiger partial charge in [0.2, 0.25) is 5.91 Å². The zero-order chi connectivity index (χ0) is 14.8. The lowest BCUT2D eigenvalue weighted by molar-refractivity contribution is -0.123. The average molecular weight is 317 g/mol. The van der Waals surface area contributed by atoms with Crippen LogP contribution >= 0.6 is 11.8 Å². The third-order valence-electron chi connectivity index (χ3n) is 3.11. The number of carbonyl (C=O) groups is 1. The van der Waals surface area contributed by atoms with E-state index in [9.17, 15) is 17.6 Å². The summed E-state index contributed by atoms with van der Waals surface area (Å²) < 4.78 is 38.5. The second-order valence-corrected chi connectivity index (χ2v) is 7.69. The molecule has 4 nitrogen and oxygen atoms in total. The number of thioether (sulfide) groups is 1. The summed E-state index contributed by atoms with van der Waals surface area (Å²) in [5.74, 6) is 0.371. The number of nitrogens with zero attached hydrogens (tertiary/aromatic N) is 1. The Balaban J connectivity index is 2.34. The molecule has 0 bridgehead atoms. The van der Waals surface area contributed by atoms with Crippen LogP contribution in [0.1, 0.15) is 25.3 Å². The number of amides is 1. The van der Waals surface area contributed by atoms with Crippen molar-refractivity contribution in [1.82, 2.24) is 4.31 Å². The fraction of sp³-hybridized carbons (Fsp3) is 0.462. The molecule has 7 heteroatoms. The number of sulfonamides is 1. The third-order valence-corrected chi connectivity index (χ3v) is 6.25. The van der Waals surface area contributed by atoms with Gasteiger partial charge in [0.25, 0.3) is 10.0 Å². The van der Waals surface area contributed by atoms with Crippen molar-refractivity contribution in [2.24, 2.45) is 0 Å². The van der Waals surface area contributed by atoms with Gasteiger partial charge in [-0.25, -0.2) is 17.1 Å². The molecule has 1 atom stereocenters. The van der Waals surface area contributed by atoms with Crippen molar-refractivity contribution in [1.29, 1.82) is 0 Å². The van der Waals surface area contributed by atoms with Crippen LogP contribution < -0.4 is 0 Å². The lowest BCUT2D eigenvalue weighted by Gasteiger charge is -2.23. The minimum absolute atomic E-state index is 0.0339. The van der Waals surface area contributed by atoms with E-state index >= 15 is 0 Å². The predicted octanol–water partition coefficient (Wildman–Crippen LogP) is 2.55. The van der Waals surface area contributed by atoms with E-state index in [-0.39, 0.29) is 22.6 Å². The molecule has 0 radical (unpaired) electrons. The molecule has 1 fully saturated rings. The van der Waals surface area contributed by atoms with Crippen LogP contribution in [0.25, 0.3) is 0 Å². The Morgan fingerprint density at radius 3 is 2.55 bits per heavy atom. The Labute approximate surface area is 122 Å². The second kappa shape index (κ2) is 6.13. The van der Waals surface area contributed by atoms with E-state index in [1.54, 1.807) is 0 Å². The summed E-state index contributed by atoms with van der Waals surface area (Å²) in [5.41, 5.74) is 0.413. The second-order valence-electron chi connectivity index (χ2n) is 4.42. The van der Waals surface area contributed by atoms with Crippen LogP contribution in [0.2, 0.25) is 0 Å². The zero-order valence-corrected chi connectivity index (χ0v) is 12.7. The standard InChI is InChI=1S/C13H16FNO3S2/c1-2-19-13-8-7-12(16)15(13)20(17,18)11-5-3-10(9-14)4-6-11/h3-6,13H,2,7-9H2,1H3. The van der Waals surface area contributed by atoms with Crippen molar-refractivity contribution < 1.29 is 17.6 Å². The molecule has 1 amide bonds. The van der Waals surface area contributed by atoms with E-state index in [2.05, 4.69) is 0 Å². The van der Waals surface area contributed by atoms with E-state index in [1.165, 1.54) is 36.0 Å². The van der Waals surface area contributed by atoms with Gasteiger partial charge in [-0.3, -0.25) is 4.79 Å². The molecule has 1 heterocycles. The number of halogens is 1. The minimum atomic E-state index is -3.84. The summed E-state index contributed by atoms with van der Waals surface area (Å²) in [6.45, 7) is 1.28. The van der Waals surface area contributed by atoms with E-state index < -0.39 is 16.7 Å². The van der Waals surface area contributed by atoms with Gasteiger partial charge in [0.05, 0.1) is 10.3 Å². The van der Waals surface area contributed by atoms with Crippen LogP contribution in [-0.4, -0.2) is 29.8 Å². The highest BCUT2D eigenvalue weighted by atomic mass is 32.2. The Bertz CT molecular complexity index is 586. The highest BCUT2D eigenvalue weighted by molar-refractivity contribution is 8.00. The van der Waals surface area contributed by atoms with Gasteiger partial charge < -0.3 is 0 Å². The number of carbonyl (C=O) groups excluding carboxylic acids is 1.